The Hall–Kier alpha value is -2.75. The Balaban J connectivity index is 1.87. The molecule has 0 unspecified atom stereocenters. The summed E-state index contributed by atoms with van der Waals surface area (Å²) in [5.74, 6) is -0.836. The van der Waals surface area contributed by atoms with Crippen LogP contribution in [0, 0.1) is 6.92 Å². The molecule has 0 radical (unpaired) electrons. The van der Waals surface area contributed by atoms with Crippen LogP contribution in [-0.4, -0.2) is 56.8 Å². The number of imidazole rings is 1. The first-order valence-electron chi connectivity index (χ1n) is 8.98. The van der Waals surface area contributed by atoms with Crippen LogP contribution in [0.4, 0.5) is 0 Å². The Labute approximate surface area is 171 Å². The molecule has 10 heteroatoms. The highest BCUT2D eigenvalue weighted by Gasteiger charge is 2.47. The van der Waals surface area contributed by atoms with Crippen LogP contribution in [0.3, 0.4) is 0 Å². The molecule has 0 bridgehead atoms. The molecule has 1 aliphatic rings. The van der Waals surface area contributed by atoms with Gasteiger partial charge in [0.2, 0.25) is 0 Å². The molecule has 0 spiro atoms. The van der Waals surface area contributed by atoms with Gasteiger partial charge in [0.05, 0.1) is 5.69 Å². The van der Waals surface area contributed by atoms with E-state index in [1.807, 2.05) is 23.7 Å². The van der Waals surface area contributed by atoms with E-state index in [2.05, 4.69) is 4.98 Å². The summed E-state index contributed by atoms with van der Waals surface area (Å²) in [5, 5.41) is 0. The zero-order valence-corrected chi connectivity index (χ0v) is 17.3. The second-order valence-corrected chi connectivity index (χ2v) is 7.76. The van der Waals surface area contributed by atoms with Crippen molar-refractivity contribution in [3.05, 3.63) is 30.2 Å². The van der Waals surface area contributed by atoms with Gasteiger partial charge in [0.1, 0.15) is 11.4 Å². The number of hydrogen-bond donors (Lipinski definition) is 0. The van der Waals surface area contributed by atoms with Crippen LogP contribution in [0.25, 0.3) is 5.65 Å². The van der Waals surface area contributed by atoms with E-state index in [4.69, 9.17) is 18.9 Å². The second kappa shape index (κ2) is 8.73. The SMILES string of the molecule is CC(=O)O[C@@H]1[C@@H](OC(C)=O)[C@@H](Oc2ccn3cc(C)nc3c2)SC[C@H]1OC(C)=O. The highest BCUT2D eigenvalue weighted by atomic mass is 32.2. The monoisotopic (exact) mass is 422 g/mol. The molecule has 0 N–H and O–H groups in total. The van der Waals surface area contributed by atoms with E-state index in [1.54, 1.807) is 12.1 Å². The van der Waals surface area contributed by atoms with Gasteiger partial charge in [0.25, 0.3) is 0 Å². The minimum atomic E-state index is -0.982. The molecule has 0 saturated carbocycles. The van der Waals surface area contributed by atoms with Crippen LogP contribution in [0.1, 0.15) is 26.5 Å². The Kier molecular flexibility index (Phi) is 6.31. The molecule has 9 nitrogen and oxygen atoms in total. The Morgan fingerprint density at radius 2 is 1.72 bits per heavy atom. The Morgan fingerprint density at radius 3 is 2.38 bits per heavy atom. The van der Waals surface area contributed by atoms with Crippen molar-refractivity contribution in [2.75, 3.05) is 5.75 Å². The fraction of sp³-hybridized carbons (Fsp3) is 0.474. The first-order valence-corrected chi connectivity index (χ1v) is 10.0. The van der Waals surface area contributed by atoms with Gasteiger partial charge in [-0.15, -0.1) is 11.8 Å². The number of pyridine rings is 1. The van der Waals surface area contributed by atoms with Crippen molar-refractivity contribution in [2.24, 2.45) is 0 Å². The number of thioether (sulfide) groups is 1. The lowest BCUT2D eigenvalue weighted by atomic mass is 10.1. The van der Waals surface area contributed by atoms with Gasteiger partial charge in [-0.25, -0.2) is 4.98 Å². The molecule has 4 atom stereocenters. The fourth-order valence-electron chi connectivity index (χ4n) is 3.11. The van der Waals surface area contributed by atoms with Gasteiger partial charge < -0.3 is 23.3 Å². The van der Waals surface area contributed by atoms with E-state index in [9.17, 15) is 14.4 Å². The minimum absolute atomic E-state index is 0.310. The number of fused-ring (bicyclic) bond motifs is 1. The maximum atomic E-state index is 11.7. The molecular formula is C19H22N2O7S. The molecular weight excluding hydrogens is 400 g/mol. The average Bonchev–Trinajstić information content (AvgIpc) is 2.98. The molecule has 1 aliphatic heterocycles. The van der Waals surface area contributed by atoms with Crippen molar-refractivity contribution in [2.45, 2.75) is 51.4 Å². The minimum Gasteiger partial charge on any atom is -0.476 e. The summed E-state index contributed by atoms with van der Waals surface area (Å²) in [6, 6.07) is 3.52. The number of aromatic nitrogens is 2. The second-order valence-electron chi connectivity index (χ2n) is 6.63. The lowest BCUT2D eigenvalue weighted by Gasteiger charge is -2.39. The van der Waals surface area contributed by atoms with Gasteiger partial charge in [-0.2, -0.15) is 0 Å². The summed E-state index contributed by atoms with van der Waals surface area (Å²) in [7, 11) is 0. The highest BCUT2D eigenvalue weighted by Crippen LogP contribution is 2.34. The fourth-order valence-corrected chi connectivity index (χ4v) is 4.32. The van der Waals surface area contributed by atoms with Crippen LogP contribution < -0.4 is 4.74 Å². The van der Waals surface area contributed by atoms with Crippen LogP contribution in [0.2, 0.25) is 0 Å². The Morgan fingerprint density at radius 1 is 1.07 bits per heavy atom. The van der Waals surface area contributed by atoms with E-state index in [-0.39, 0.29) is 0 Å². The maximum absolute atomic E-state index is 11.7. The lowest BCUT2D eigenvalue weighted by Crippen LogP contribution is -2.55. The summed E-state index contributed by atoms with van der Waals surface area (Å²) < 4.78 is 24.0. The van der Waals surface area contributed by atoms with Crippen LogP contribution in [0.15, 0.2) is 24.5 Å². The van der Waals surface area contributed by atoms with Crippen LogP contribution in [-0.2, 0) is 28.6 Å². The molecule has 156 valence electrons. The predicted molar refractivity (Wildman–Crippen MR) is 103 cm³/mol. The number of esters is 3. The first-order chi connectivity index (χ1) is 13.7. The summed E-state index contributed by atoms with van der Waals surface area (Å²) in [6.07, 6.45) is 0.991. The van der Waals surface area contributed by atoms with Gasteiger partial charge in [-0.05, 0) is 13.0 Å². The Bertz CT molecular complexity index is 928. The molecule has 3 heterocycles. The molecule has 29 heavy (non-hydrogen) atoms. The molecule has 2 aromatic heterocycles. The molecule has 0 aliphatic carbocycles. The summed E-state index contributed by atoms with van der Waals surface area (Å²) in [4.78, 5) is 39.2. The van der Waals surface area contributed by atoms with Gasteiger partial charge in [-0.1, -0.05) is 0 Å². The number of carbonyl (C=O) groups excluding carboxylic acids is 3. The number of aryl methyl sites for hydroxylation is 1. The standard InChI is InChI=1S/C19H22N2O7S/c1-10-8-21-6-5-14(7-16(21)20-10)28-19-18(27-13(4)24)17(26-12(3)23)15(9-29-19)25-11(2)22/h5-8,15,17-19H,9H2,1-4H3/t15-,17+,18-,19+/m1/s1. The van der Waals surface area contributed by atoms with Crippen LogP contribution in [0.5, 0.6) is 5.75 Å². The summed E-state index contributed by atoms with van der Waals surface area (Å²) in [5.41, 5.74) is 0.902. The number of nitrogens with zero attached hydrogens (tertiary/aromatic N) is 2. The largest absolute Gasteiger partial charge is 0.476 e. The third kappa shape index (κ3) is 5.20. The average molecular weight is 422 g/mol. The lowest BCUT2D eigenvalue weighted by molar-refractivity contribution is -0.186. The number of hydrogen-bond acceptors (Lipinski definition) is 9. The summed E-state index contributed by atoms with van der Waals surface area (Å²) >= 11 is 1.30. The van der Waals surface area contributed by atoms with Gasteiger partial charge in [0, 0.05) is 45.0 Å². The molecule has 2 aromatic rings. The van der Waals surface area contributed by atoms with E-state index in [0.29, 0.717) is 17.1 Å². The topological polar surface area (TPSA) is 105 Å². The maximum Gasteiger partial charge on any atom is 0.303 e. The van der Waals surface area contributed by atoms with Crippen molar-refractivity contribution >= 4 is 35.3 Å². The van der Waals surface area contributed by atoms with E-state index in [0.717, 1.165) is 5.69 Å². The van der Waals surface area contributed by atoms with Crippen molar-refractivity contribution in [3.63, 3.8) is 0 Å². The van der Waals surface area contributed by atoms with Gasteiger partial charge in [0.15, 0.2) is 23.7 Å². The van der Waals surface area contributed by atoms with Crippen LogP contribution >= 0.6 is 11.8 Å². The van der Waals surface area contributed by atoms with Gasteiger partial charge in [-0.3, -0.25) is 14.4 Å². The first kappa shape index (κ1) is 21.0. The van der Waals surface area contributed by atoms with Crippen molar-refractivity contribution < 1.29 is 33.3 Å². The third-order valence-corrected chi connectivity index (χ3v) is 5.32. The van der Waals surface area contributed by atoms with Crippen molar-refractivity contribution in [1.29, 1.82) is 0 Å². The van der Waals surface area contributed by atoms with Crippen molar-refractivity contribution in [1.82, 2.24) is 9.38 Å². The third-order valence-electron chi connectivity index (χ3n) is 4.11. The number of rotatable bonds is 5. The van der Waals surface area contributed by atoms with E-state index >= 15 is 0 Å². The quantitative estimate of drug-likeness (QED) is 0.527. The number of carbonyl (C=O) groups is 3. The van der Waals surface area contributed by atoms with E-state index in [1.165, 1.54) is 32.5 Å². The van der Waals surface area contributed by atoms with Gasteiger partial charge >= 0.3 is 17.9 Å². The zero-order chi connectivity index (χ0) is 21.1. The molecule has 1 fully saturated rings. The molecule has 1 saturated heterocycles. The molecule has 0 aromatic carbocycles. The highest BCUT2D eigenvalue weighted by molar-refractivity contribution is 7.99. The van der Waals surface area contributed by atoms with Crippen molar-refractivity contribution in [3.8, 4) is 5.75 Å². The molecule has 3 rings (SSSR count). The predicted octanol–water partition coefficient (Wildman–Crippen LogP) is 1.89. The van der Waals surface area contributed by atoms with E-state index < -0.39 is 41.7 Å². The zero-order valence-electron chi connectivity index (χ0n) is 16.5. The molecule has 0 amide bonds. The normalized spacial score (nSPS) is 24.0. The number of ether oxygens (including phenoxy) is 4. The smallest absolute Gasteiger partial charge is 0.303 e. The summed E-state index contributed by atoms with van der Waals surface area (Å²) in [6.45, 7) is 5.64.